The monoisotopic (exact) mass is 506 g/mol. The summed E-state index contributed by atoms with van der Waals surface area (Å²) < 4.78 is 32.2. The minimum absolute atomic E-state index is 0.00330. The van der Waals surface area contributed by atoms with E-state index in [0.717, 1.165) is 5.56 Å². The van der Waals surface area contributed by atoms with Crippen molar-refractivity contribution in [1.82, 2.24) is 4.31 Å². The van der Waals surface area contributed by atoms with Crippen molar-refractivity contribution in [3.05, 3.63) is 95.1 Å². The lowest BCUT2D eigenvalue weighted by molar-refractivity contribution is 0.0730. The summed E-state index contributed by atoms with van der Waals surface area (Å²) in [6, 6.07) is 20.1. The first kappa shape index (κ1) is 25.8. The molecule has 3 aromatic rings. The average molecular weight is 507 g/mol. The third-order valence-corrected chi connectivity index (χ3v) is 8.03. The Bertz CT molecular complexity index is 1350. The van der Waals surface area contributed by atoms with Gasteiger partial charge < -0.3 is 10.1 Å². The molecule has 0 aliphatic carbocycles. The fourth-order valence-corrected chi connectivity index (χ4v) is 5.35. The largest absolute Gasteiger partial charge is 0.379 e. The highest BCUT2D eigenvalue weighted by molar-refractivity contribution is 7.89. The van der Waals surface area contributed by atoms with Crippen molar-refractivity contribution in [2.24, 2.45) is 0 Å². The first-order chi connectivity index (χ1) is 17.1. The van der Waals surface area contributed by atoms with E-state index in [1.54, 1.807) is 24.3 Å². The van der Waals surface area contributed by atoms with Gasteiger partial charge in [-0.25, -0.2) is 8.42 Å². The van der Waals surface area contributed by atoms with Crippen molar-refractivity contribution in [2.45, 2.75) is 31.1 Å². The van der Waals surface area contributed by atoms with E-state index in [1.165, 1.54) is 28.6 Å². The predicted molar refractivity (Wildman–Crippen MR) is 139 cm³/mol. The van der Waals surface area contributed by atoms with Crippen molar-refractivity contribution in [3.8, 4) is 0 Å². The molecule has 1 aliphatic heterocycles. The molecule has 1 aliphatic rings. The van der Waals surface area contributed by atoms with Crippen LogP contribution in [0.1, 0.15) is 52.6 Å². The van der Waals surface area contributed by atoms with E-state index in [4.69, 9.17) is 4.74 Å². The van der Waals surface area contributed by atoms with Gasteiger partial charge in [0.05, 0.1) is 18.1 Å². The highest BCUT2D eigenvalue weighted by Gasteiger charge is 2.26. The number of hydrogen-bond acceptors (Lipinski definition) is 5. The molecule has 36 heavy (non-hydrogen) atoms. The van der Waals surface area contributed by atoms with Gasteiger partial charge in [0.1, 0.15) is 0 Å². The molecule has 0 atom stereocenters. The molecular weight excluding hydrogens is 476 g/mol. The zero-order chi connectivity index (χ0) is 25.9. The molecule has 8 heteroatoms. The van der Waals surface area contributed by atoms with Crippen LogP contribution < -0.4 is 5.32 Å². The normalized spacial score (nSPS) is 14.9. The molecule has 1 heterocycles. The molecular formula is C28H30N2O5S. The molecule has 3 aromatic carbocycles. The number of ketones is 1. The number of amides is 1. The van der Waals surface area contributed by atoms with Crippen LogP contribution in [0.3, 0.4) is 0 Å². The Kier molecular flexibility index (Phi) is 7.40. The van der Waals surface area contributed by atoms with E-state index in [1.807, 2.05) is 24.3 Å². The molecule has 4 rings (SSSR count). The SMILES string of the molecule is CC(C)(C)c1ccc(C(=O)c2cccc(NC(=O)c3ccc(S(=O)(=O)N4CCOCC4)cc3)c2)cc1. The lowest BCUT2D eigenvalue weighted by Crippen LogP contribution is -2.40. The van der Waals surface area contributed by atoms with Gasteiger partial charge in [0.15, 0.2) is 5.78 Å². The molecule has 0 aromatic heterocycles. The van der Waals surface area contributed by atoms with Crippen LogP contribution in [0, 0.1) is 0 Å². The smallest absolute Gasteiger partial charge is 0.255 e. The Labute approximate surface area is 212 Å². The van der Waals surface area contributed by atoms with Gasteiger partial charge in [-0.1, -0.05) is 57.2 Å². The van der Waals surface area contributed by atoms with Gasteiger partial charge in [-0.3, -0.25) is 9.59 Å². The predicted octanol–water partition coefficient (Wildman–Crippen LogP) is 4.49. The quantitative estimate of drug-likeness (QED) is 0.498. The highest BCUT2D eigenvalue weighted by atomic mass is 32.2. The molecule has 7 nitrogen and oxygen atoms in total. The molecule has 1 amide bonds. The van der Waals surface area contributed by atoms with Crippen LogP contribution in [-0.2, 0) is 20.2 Å². The zero-order valence-electron chi connectivity index (χ0n) is 20.7. The molecule has 1 N–H and O–H groups in total. The minimum Gasteiger partial charge on any atom is -0.379 e. The molecule has 0 unspecified atom stereocenters. The Balaban J connectivity index is 1.45. The summed E-state index contributed by atoms with van der Waals surface area (Å²) in [6.45, 7) is 7.69. The van der Waals surface area contributed by atoms with E-state index >= 15 is 0 Å². The van der Waals surface area contributed by atoms with Gasteiger partial charge >= 0.3 is 0 Å². The van der Waals surface area contributed by atoms with Gasteiger partial charge in [-0.05, 0) is 47.4 Å². The van der Waals surface area contributed by atoms with Gasteiger partial charge in [0.2, 0.25) is 10.0 Å². The van der Waals surface area contributed by atoms with Crippen molar-refractivity contribution in [3.63, 3.8) is 0 Å². The number of benzene rings is 3. The maximum absolute atomic E-state index is 13.0. The number of carbonyl (C=O) groups is 2. The van der Waals surface area contributed by atoms with Crippen molar-refractivity contribution in [2.75, 3.05) is 31.6 Å². The summed E-state index contributed by atoms with van der Waals surface area (Å²) in [5, 5.41) is 2.79. The average Bonchev–Trinajstić information content (AvgIpc) is 2.88. The Morgan fingerprint density at radius 2 is 1.44 bits per heavy atom. The molecule has 1 saturated heterocycles. The molecule has 0 saturated carbocycles. The second kappa shape index (κ2) is 10.3. The van der Waals surface area contributed by atoms with Crippen molar-refractivity contribution in [1.29, 1.82) is 0 Å². The summed E-state index contributed by atoms with van der Waals surface area (Å²) in [4.78, 5) is 25.9. The van der Waals surface area contributed by atoms with Gasteiger partial charge in [0.25, 0.3) is 5.91 Å². The van der Waals surface area contributed by atoms with Gasteiger partial charge in [-0.2, -0.15) is 4.31 Å². The van der Waals surface area contributed by atoms with Crippen LogP contribution in [0.5, 0.6) is 0 Å². The summed E-state index contributed by atoms with van der Waals surface area (Å²) >= 11 is 0. The van der Waals surface area contributed by atoms with E-state index in [9.17, 15) is 18.0 Å². The standard InChI is InChI=1S/C28H30N2O5S/c1-28(2,3)23-11-7-20(8-12-23)26(31)22-5-4-6-24(19-22)29-27(32)21-9-13-25(14-10-21)36(33,34)30-15-17-35-18-16-30/h4-14,19H,15-18H2,1-3H3,(H,29,32). The van der Waals surface area contributed by atoms with Crippen LogP contribution in [0.25, 0.3) is 0 Å². The van der Waals surface area contributed by atoms with E-state index < -0.39 is 15.9 Å². The second-order valence-corrected chi connectivity index (χ2v) is 11.7. The number of carbonyl (C=O) groups excluding carboxylic acids is 2. The second-order valence-electron chi connectivity index (χ2n) is 9.73. The van der Waals surface area contributed by atoms with Crippen LogP contribution in [0.15, 0.2) is 77.7 Å². The fraction of sp³-hybridized carbons (Fsp3) is 0.286. The third-order valence-electron chi connectivity index (χ3n) is 6.12. The maximum Gasteiger partial charge on any atom is 0.255 e. The number of hydrogen-bond donors (Lipinski definition) is 1. The summed E-state index contributed by atoms with van der Waals surface area (Å²) in [6.07, 6.45) is 0. The molecule has 0 spiro atoms. The van der Waals surface area contributed by atoms with Crippen molar-refractivity contribution >= 4 is 27.4 Å². The minimum atomic E-state index is -3.63. The van der Waals surface area contributed by atoms with Crippen molar-refractivity contribution < 1.29 is 22.7 Å². The fourth-order valence-electron chi connectivity index (χ4n) is 3.94. The molecule has 188 valence electrons. The number of sulfonamides is 1. The molecule has 0 radical (unpaired) electrons. The Morgan fingerprint density at radius 3 is 2.06 bits per heavy atom. The first-order valence-corrected chi connectivity index (χ1v) is 13.2. The van der Waals surface area contributed by atoms with Gasteiger partial charge in [-0.15, -0.1) is 0 Å². The number of morpholine rings is 1. The number of anilines is 1. The summed E-state index contributed by atoms with van der Waals surface area (Å²) in [7, 11) is -3.63. The van der Waals surface area contributed by atoms with Crippen LogP contribution in [0.2, 0.25) is 0 Å². The van der Waals surface area contributed by atoms with E-state index in [0.29, 0.717) is 48.7 Å². The lowest BCUT2D eigenvalue weighted by atomic mass is 9.86. The zero-order valence-corrected chi connectivity index (χ0v) is 21.5. The molecule has 1 fully saturated rings. The molecule has 0 bridgehead atoms. The van der Waals surface area contributed by atoms with Crippen LogP contribution in [-0.4, -0.2) is 50.7 Å². The Morgan fingerprint density at radius 1 is 0.833 bits per heavy atom. The van der Waals surface area contributed by atoms with Crippen LogP contribution >= 0.6 is 0 Å². The lowest BCUT2D eigenvalue weighted by Gasteiger charge is -2.26. The first-order valence-electron chi connectivity index (χ1n) is 11.8. The highest BCUT2D eigenvalue weighted by Crippen LogP contribution is 2.24. The number of nitrogens with one attached hydrogen (secondary N) is 1. The number of nitrogens with zero attached hydrogens (tertiary/aromatic N) is 1. The summed E-state index contributed by atoms with van der Waals surface area (Å²) in [5.74, 6) is -0.534. The summed E-state index contributed by atoms with van der Waals surface area (Å²) in [5.41, 5.74) is 2.96. The van der Waals surface area contributed by atoms with Gasteiger partial charge in [0, 0.05) is 35.5 Å². The topological polar surface area (TPSA) is 92.8 Å². The number of ether oxygens (including phenoxy) is 1. The maximum atomic E-state index is 13.0. The third kappa shape index (κ3) is 5.73. The van der Waals surface area contributed by atoms with Crippen LogP contribution in [0.4, 0.5) is 5.69 Å². The van der Waals surface area contributed by atoms with E-state index in [2.05, 4.69) is 26.1 Å². The Hall–Kier alpha value is -3.33. The van der Waals surface area contributed by atoms with E-state index in [-0.39, 0.29) is 16.1 Å². The number of rotatable bonds is 6.